The normalized spacial score (nSPS) is 22.1. The van der Waals surface area contributed by atoms with Gasteiger partial charge in [-0.1, -0.05) is 54.6 Å². The summed E-state index contributed by atoms with van der Waals surface area (Å²) in [5.41, 5.74) is 3.92. The minimum absolute atomic E-state index is 0.147. The highest BCUT2D eigenvalue weighted by Gasteiger charge is 2.22. The molecule has 1 saturated carbocycles. The molecule has 0 amide bonds. The first-order valence-electron chi connectivity index (χ1n) is 8.09. The van der Waals surface area contributed by atoms with Crippen molar-refractivity contribution in [2.45, 2.75) is 44.6 Å². The molecule has 0 unspecified atom stereocenters. The monoisotopic (exact) mass is 280 g/mol. The van der Waals surface area contributed by atoms with Crippen LogP contribution in [0.1, 0.15) is 48.3 Å². The van der Waals surface area contributed by atoms with Gasteiger partial charge in [-0.2, -0.15) is 0 Å². The first-order valence-corrected chi connectivity index (χ1v) is 8.09. The van der Waals surface area contributed by atoms with E-state index in [1.165, 1.54) is 36.8 Å². The predicted octanol–water partition coefficient (Wildman–Crippen LogP) is 4.70. The molecule has 1 aliphatic rings. The Balaban J connectivity index is 1.56. The number of benzene rings is 2. The van der Waals surface area contributed by atoms with Gasteiger partial charge < -0.3 is 5.11 Å². The lowest BCUT2D eigenvalue weighted by molar-refractivity contribution is 0.281. The average molecular weight is 280 g/mol. The van der Waals surface area contributed by atoms with Crippen LogP contribution in [0.15, 0.2) is 54.6 Å². The molecule has 110 valence electrons. The predicted molar refractivity (Wildman–Crippen MR) is 87.2 cm³/mol. The van der Waals surface area contributed by atoms with Gasteiger partial charge in [0, 0.05) is 0 Å². The van der Waals surface area contributed by atoms with Gasteiger partial charge in [-0.25, -0.2) is 0 Å². The molecule has 0 radical (unpaired) electrons. The van der Waals surface area contributed by atoms with Crippen LogP contribution >= 0.6 is 0 Å². The van der Waals surface area contributed by atoms with Crippen molar-refractivity contribution in [2.75, 3.05) is 0 Å². The van der Waals surface area contributed by atoms with E-state index in [-0.39, 0.29) is 6.61 Å². The standard InChI is InChI=1S/C20H24O/c21-15-18-6-4-5-17(14-18)13-16-9-11-20(12-10-16)19-7-2-1-3-8-19/h1-8,14,16,20-21H,9-13,15H2/t16-,20-. The summed E-state index contributed by atoms with van der Waals surface area (Å²) in [7, 11) is 0. The Hall–Kier alpha value is -1.60. The topological polar surface area (TPSA) is 20.2 Å². The lowest BCUT2D eigenvalue weighted by atomic mass is 9.76. The Bertz CT molecular complexity index is 553. The third-order valence-corrected chi connectivity index (χ3v) is 4.82. The summed E-state index contributed by atoms with van der Waals surface area (Å²) in [6.07, 6.45) is 6.43. The van der Waals surface area contributed by atoms with E-state index in [4.69, 9.17) is 0 Å². The van der Waals surface area contributed by atoms with Crippen LogP contribution in [0.4, 0.5) is 0 Å². The molecule has 1 N–H and O–H groups in total. The van der Waals surface area contributed by atoms with Crippen molar-refractivity contribution in [3.05, 3.63) is 71.3 Å². The lowest BCUT2D eigenvalue weighted by Crippen LogP contribution is -2.15. The average Bonchev–Trinajstić information content (AvgIpc) is 2.56. The van der Waals surface area contributed by atoms with Gasteiger partial charge in [0.1, 0.15) is 0 Å². The molecular weight excluding hydrogens is 256 g/mol. The van der Waals surface area contributed by atoms with E-state index in [0.717, 1.165) is 23.8 Å². The van der Waals surface area contributed by atoms with Crippen LogP contribution in [0, 0.1) is 5.92 Å². The molecule has 3 rings (SSSR count). The minimum atomic E-state index is 0.147. The number of hydrogen-bond acceptors (Lipinski definition) is 1. The highest BCUT2D eigenvalue weighted by molar-refractivity contribution is 5.24. The van der Waals surface area contributed by atoms with Gasteiger partial charge in [-0.15, -0.1) is 0 Å². The van der Waals surface area contributed by atoms with Gasteiger partial charge in [0.05, 0.1) is 6.61 Å². The van der Waals surface area contributed by atoms with Gasteiger partial charge >= 0.3 is 0 Å². The molecule has 1 heteroatoms. The van der Waals surface area contributed by atoms with Crippen molar-refractivity contribution in [1.82, 2.24) is 0 Å². The van der Waals surface area contributed by atoms with Crippen LogP contribution in [0.3, 0.4) is 0 Å². The van der Waals surface area contributed by atoms with Crippen LogP contribution in [0.2, 0.25) is 0 Å². The Labute approximate surface area is 127 Å². The molecule has 0 heterocycles. The van der Waals surface area contributed by atoms with Crippen LogP contribution in [-0.2, 0) is 13.0 Å². The zero-order chi connectivity index (χ0) is 14.5. The zero-order valence-corrected chi connectivity index (χ0v) is 12.5. The minimum Gasteiger partial charge on any atom is -0.392 e. The van der Waals surface area contributed by atoms with E-state index in [0.29, 0.717) is 0 Å². The lowest BCUT2D eigenvalue weighted by Gasteiger charge is -2.29. The summed E-state index contributed by atoms with van der Waals surface area (Å²) in [5.74, 6) is 1.56. The zero-order valence-electron chi connectivity index (χ0n) is 12.5. The maximum absolute atomic E-state index is 9.23. The maximum Gasteiger partial charge on any atom is 0.0681 e. The van der Waals surface area contributed by atoms with Gasteiger partial charge in [-0.3, -0.25) is 0 Å². The van der Waals surface area contributed by atoms with Crippen LogP contribution in [0.25, 0.3) is 0 Å². The maximum atomic E-state index is 9.23. The number of aliphatic hydroxyl groups is 1. The fraction of sp³-hybridized carbons (Fsp3) is 0.400. The largest absolute Gasteiger partial charge is 0.392 e. The molecule has 0 saturated heterocycles. The third kappa shape index (κ3) is 3.74. The second-order valence-electron chi connectivity index (χ2n) is 6.31. The molecule has 0 aromatic heterocycles. The molecule has 0 bridgehead atoms. The summed E-state index contributed by atoms with van der Waals surface area (Å²) in [5, 5.41) is 9.23. The molecular formula is C20H24O. The summed E-state index contributed by atoms with van der Waals surface area (Å²) in [4.78, 5) is 0. The summed E-state index contributed by atoms with van der Waals surface area (Å²) in [6, 6.07) is 19.4. The Kier molecular flexibility index (Phi) is 4.72. The second kappa shape index (κ2) is 6.91. The van der Waals surface area contributed by atoms with Crippen LogP contribution < -0.4 is 0 Å². The van der Waals surface area contributed by atoms with Crippen molar-refractivity contribution in [2.24, 2.45) is 5.92 Å². The number of rotatable bonds is 4. The summed E-state index contributed by atoms with van der Waals surface area (Å²) in [6.45, 7) is 0.147. The molecule has 0 spiro atoms. The quantitative estimate of drug-likeness (QED) is 0.861. The molecule has 2 aromatic carbocycles. The number of hydrogen-bond donors (Lipinski definition) is 1. The van der Waals surface area contributed by atoms with Gasteiger partial charge in [0.2, 0.25) is 0 Å². The van der Waals surface area contributed by atoms with E-state index in [1.54, 1.807) is 0 Å². The highest BCUT2D eigenvalue weighted by atomic mass is 16.3. The fourth-order valence-electron chi connectivity index (χ4n) is 3.61. The molecule has 2 aromatic rings. The van der Waals surface area contributed by atoms with Crippen LogP contribution in [-0.4, -0.2) is 5.11 Å². The molecule has 1 fully saturated rings. The summed E-state index contributed by atoms with van der Waals surface area (Å²) < 4.78 is 0. The van der Waals surface area contributed by atoms with Crippen LogP contribution in [0.5, 0.6) is 0 Å². The first kappa shape index (κ1) is 14.3. The van der Waals surface area contributed by atoms with E-state index in [9.17, 15) is 5.11 Å². The van der Waals surface area contributed by atoms with Gasteiger partial charge in [0.15, 0.2) is 0 Å². The molecule has 0 aliphatic heterocycles. The van der Waals surface area contributed by atoms with Crippen molar-refractivity contribution in [3.8, 4) is 0 Å². The van der Waals surface area contributed by atoms with E-state index < -0.39 is 0 Å². The summed E-state index contributed by atoms with van der Waals surface area (Å²) >= 11 is 0. The van der Waals surface area contributed by atoms with E-state index >= 15 is 0 Å². The molecule has 21 heavy (non-hydrogen) atoms. The smallest absolute Gasteiger partial charge is 0.0681 e. The van der Waals surface area contributed by atoms with Crippen molar-refractivity contribution in [1.29, 1.82) is 0 Å². The van der Waals surface area contributed by atoms with E-state index in [2.05, 4.69) is 48.5 Å². The van der Waals surface area contributed by atoms with Crippen molar-refractivity contribution < 1.29 is 5.11 Å². The first-order chi connectivity index (χ1) is 10.3. The molecule has 1 nitrogen and oxygen atoms in total. The second-order valence-corrected chi connectivity index (χ2v) is 6.31. The highest BCUT2D eigenvalue weighted by Crippen LogP contribution is 2.36. The van der Waals surface area contributed by atoms with Gasteiger partial charge in [0.25, 0.3) is 0 Å². The Morgan fingerprint density at radius 1 is 0.810 bits per heavy atom. The molecule has 1 aliphatic carbocycles. The molecule has 0 atom stereocenters. The number of aliphatic hydroxyl groups excluding tert-OH is 1. The van der Waals surface area contributed by atoms with Crippen molar-refractivity contribution >= 4 is 0 Å². The third-order valence-electron chi connectivity index (χ3n) is 4.82. The van der Waals surface area contributed by atoms with E-state index in [1.807, 2.05) is 6.07 Å². The fourth-order valence-corrected chi connectivity index (χ4v) is 3.61. The SMILES string of the molecule is OCc1cccc(C[C@H]2CC[C@H](c3ccccc3)CC2)c1. The van der Waals surface area contributed by atoms with Crippen molar-refractivity contribution in [3.63, 3.8) is 0 Å². The Morgan fingerprint density at radius 3 is 2.24 bits per heavy atom. The Morgan fingerprint density at radius 2 is 1.52 bits per heavy atom. The van der Waals surface area contributed by atoms with Gasteiger partial charge in [-0.05, 0) is 60.6 Å².